The number of ketones is 1. The van der Waals surface area contributed by atoms with Crippen molar-refractivity contribution in [3.63, 3.8) is 0 Å². The summed E-state index contributed by atoms with van der Waals surface area (Å²) in [5.41, 5.74) is -0.253. The zero-order valence-corrected chi connectivity index (χ0v) is 10.6. The lowest BCUT2D eigenvalue weighted by molar-refractivity contribution is -0.134. The Hall–Kier alpha value is -0.630. The molecule has 2 nitrogen and oxygen atoms in total. The molecule has 0 saturated carbocycles. The minimum Gasteiger partial charge on any atom is -0.382 e. The van der Waals surface area contributed by atoms with E-state index in [-0.39, 0.29) is 5.78 Å². The van der Waals surface area contributed by atoms with Crippen LogP contribution in [0.25, 0.3) is 0 Å². The molecule has 0 atom stereocenters. The molecule has 0 spiro atoms. The molecule has 0 saturated heterocycles. The van der Waals surface area contributed by atoms with Crippen molar-refractivity contribution in [3.05, 3.63) is 11.6 Å². The van der Waals surface area contributed by atoms with Crippen LogP contribution >= 0.6 is 0 Å². The average molecular weight is 224 g/mol. The zero-order valence-electron chi connectivity index (χ0n) is 10.6. The van der Waals surface area contributed by atoms with Crippen LogP contribution < -0.4 is 0 Å². The lowest BCUT2D eigenvalue weighted by Crippen LogP contribution is -2.38. The number of carbonyl (C=O) groups excluding carboxylic acids is 1. The van der Waals surface area contributed by atoms with E-state index in [1.807, 2.05) is 13.8 Å². The number of allylic oxidation sites excluding steroid dienone is 1. The summed E-state index contributed by atoms with van der Waals surface area (Å²) < 4.78 is 0. The van der Waals surface area contributed by atoms with Crippen molar-refractivity contribution in [3.8, 4) is 0 Å². The maximum absolute atomic E-state index is 12.2. The summed E-state index contributed by atoms with van der Waals surface area (Å²) in [6.45, 7) is 3.76. The van der Waals surface area contributed by atoms with Gasteiger partial charge < -0.3 is 5.11 Å². The van der Waals surface area contributed by atoms with E-state index in [9.17, 15) is 9.90 Å². The Bertz CT molecular complexity index is 262. The van der Waals surface area contributed by atoms with Crippen LogP contribution in [0.1, 0.15) is 65.2 Å². The first-order valence-electron chi connectivity index (χ1n) is 6.60. The van der Waals surface area contributed by atoms with Crippen LogP contribution in [-0.4, -0.2) is 16.5 Å². The highest BCUT2D eigenvalue weighted by molar-refractivity contribution is 6.01. The number of rotatable bonds is 4. The van der Waals surface area contributed by atoms with Gasteiger partial charge in [-0.2, -0.15) is 0 Å². The SMILES string of the molecule is CCC(O)(CC)C(=O)C1=CCCCCCC1. The molecule has 0 aromatic carbocycles. The van der Waals surface area contributed by atoms with Gasteiger partial charge in [0.1, 0.15) is 5.60 Å². The van der Waals surface area contributed by atoms with Crippen LogP contribution in [0.3, 0.4) is 0 Å². The fourth-order valence-electron chi connectivity index (χ4n) is 2.27. The lowest BCUT2D eigenvalue weighted by Gasteiger charge is -2.25. The highest BCUT2D eigenvalue weighted by atomic mass is 16.3. The van der Waals surface area contributed by atoms with Crippen LogP contribution in [0.5, 0.6) is 0 Å². The fourth-order valence-corrected chi connectivity index (χ4v) is 2.27. The largest absolute Gasteiger partial charge is 0.382 e. The molecule has 1 N–H and O–H groups in total. The molecule has 1 rings (SSSR count). The first-order valence-corrected chi connectivity index (χ1v) is 6.60. The topological polar surface area (TPSA) is 37.3 Å². The number of hydrogen-bond acceptors (Lipinski definition) is 2. The summed E-state index contributed by atoms with van der Waals surface area (Å²) in [5.74, 6) is -0.0283. The maximum Gasteiger partial charge on any atom is 0.189 e. The molecule has 0 aliphatic heterocycles. The molecule has 16 heavy (non-hydrogen) atoms. The van der Waals surface area contributed by atoms with Crippen LogP contribution in [0.15, 0.2) is 11.6 Å². The van der Waals surface area contributed by atoms with Gasteiger partial charge in [-0.3, -0.25) is 4.79 Å². The Morgan fingerprint density at radius 3 is 2.50 bits per heavy atom. The van der Waals surface area contributed by atoms with Gasteiger partial charge in [-0.15, -0.1) is 0 Å². The van der Waals surface area contributed by atoms with E-state index in [0.717, 1.165) is 24.8 Å². The zero-order chi connectivity index (χ0) is 12.0. The second-order valence-corrected chi connectivity index (χ2v) is 4.75. The second kappa shape index (κ2) is 6.19. The van der Waals surface area contributed by atoms with Crippen molar-refractivity contribution >= 4 is 5.78 Å². The predicted octanol–water partition coefficient (Wildman–Crippen LogP) is 3.39. The molecule has 1 aliphatic rings. The van der Waals surface area contributed by atoms with Crippen molar-refractivity contribution < 1.29 is 9.90 Å². The maximum atomic E-state index is 12.2. The van der Waals surface area contributed by atoms with Crippen LogP contribution in [-0.2, 0) is 4.79 Å². The van der Waals surface area contributed by atoms with Crippen molar-refractivity contribution in [2.24, 2.45) is 0 Å². The molecule has 1 aliphatic carbocycles. The van der Waals surface area contributed by atoms with Crippen molar-refractivity contribution in [1.29, 1.82) is 0 Å². The van der Waals surface area contributed by atoms with Crippen molar-refractivity contribution in [1.82, 2.24) is 0 Å². The lowest BCUT2D eigenvalue weighted by atomic mass is 9.84. The summed E-state index contributed by atoms with van der Waals surface area (Å²) in [6, 6.07) is 0. The molecule has 0 aromatic rings. The summed E-state index contributed by atoms with van der Waals surface area (Å²) >= 11 is 0. The van der Waals surface area contributed by atoms with E-state index in [2.05, 4.69) is 6.08 Å². The molecule has 0 fully saturated rings. The first kappa shape index (κ1) is 13.4. The molecule has 0 radical (unpaired) electrons. The summed E-state index contributed by atoms with van der Waals surface area (Å²) in [4.78, 5) is 12.2. The van der Waals surface area contributed by atoms with E-state index < -0.39 is 5.60 Å². The fraction of sp³-hybridized carbons (Fsp3) is 0.786. The van der Waals surface area contributed by atoms with Gasteiger partial charge >= 0.3 is 0 Å². The number of Topliss-reactive ketones (excluding diaryl/α,β-unsaturated/α-hetero) is 1. The molecule has 0 amide bonds. The highest BCUT2D eigenvalue weighted by Crippen LogP contribution is 2.25. The Morgan fingerprint density at radius 2 is 1.88 bits per heavy atom. The van der Waals surface area contributed by atoms with Crippen molar-refractivity contribution in [2.45, 2.75) is 70.8 Å². The number of hydrogen-bond donors (Lipinski definition) is 1. The Kier molecular flexibility index (Phi) is 5.20. The van der Waals surface area contributed by atoms with Crippen molar-refractivity contribution in [2.75, 3.05) is 0 Å². The third kappa shape index (κ3) is 3.18. The predicted molar refractivity (Wildman–Crippen MR) is 66.3 cm³/mol. The molecule has 0 unspecified atom stereocenters. The number of aliphatic hydroxyl groups is 1. The monoisotopic (exact) mass is 224 g/mol. The minimum absolute atomic E-state index is 0.0283. The van der Waals surface area contributed by atoms with Crippen LogP contribution in [0.2, 0.25) is 0 Å². The van der Waals surface area contributed by atoms with Gasteiger partial charge in [-0.25, -0.2) is 0 Å². The van der Waals surface area contributed by atoms with Gasteiger partial charge in [0.05, 0.1) is 0 Å². The van der Waals surface area contributed by atoms with E-state index in [1.54, 1.807) is 0 Å². The molecule has 0 heterocycles. The summed E-state index contributed by atoms with van der Waals surface area (Å²) in [7, 11) is 0. The van der Waals surface area contributed by atoms with E-state index in [1.165, 1.54) is 19.3 Å². The van der Waals surface area contributed by atoms with Gasteiger partial charge in [0.25, 0.3) is 0 Å². The van der Waals surface area contributed by atoms with Crippen LogP contribution in [0, 0.1) is 0 Å². The molecular formula is C14H24O2. The molecule has 0 bridgehead atoms. The van der Waals surface area contributed by atoms with E-state index in [0.29, 0.717) is 12.8 Å². The molecular weight excluding hydrogens is 200 g/mol. The van der Waals surface area contributed by atoms with E-state index in [4.69, 9.17) is 0 Å². The highest BCUT2D eigenvalue weighted by Gasteiger charge is 2.33. The Balaban J connectivity index is 2.77. The third-order valence-electron chi connectivity index (χ3n) is 3.68. The molecule has 92 valence electrons. The van der Waals surface area contributed by atoms with Gasteiger partial charge in [0, 0.05) is 0 Å². The standard InChI is InChI=1S/C14H24O2/c1-3-14(16,4-2)13(15)12-10-8-6-5-7-9-11-12/h10,16H,3-9,11H2,1-2H3. The average Bonchev–Trinajstić information content (AvgIpc) is 2.27. The molecule has 0 aromatic heterocycles. The normalized spacial score (nSPS) is 18.6. The minimum atomic E-state index is -1.12. The first-order chi connectivity index (χ1) is 7.64. The summed E-state index contributed by atoms with van der Waals surface area (Å²) in [5, 5.41) is 10.2. The summed E-state index contributed by atoms with van der Waals surface area (Å²) in [6.07, 6.45) is 9.66. The quantitative estimate of drug-likeness (QED) is 0.794. The Labute approximate surface area is 98.7 Å². The Morgan fingerprint density at radius 1 is 1.25 bits per heavy atom. The third-order valence-corrected chi connectivity index (χ3v) is 3.68. The molecule has 2 heteroatoms. The van der Waals surface area contributed by atoms with Gasteiger partial charge in [0.2, 0.25) is 0 Å². The number of carbonyl (C=O) groups is 1. The van der Waals surface area contributed by atoms with E-state index >= 15 is 0 Å². The second-order valence-electron chi connectivity index (χ2n) is 4.75. The van der Waals surface area contributed by atoms with Gasteiger partial charge in [-0.05, 0) is 44.1 Å². The smallest absolute Gasteiger partial charge is 0.189 e. The van der Waals surface area contributed by atoms with Gasteiger partial charge in [0.15, 0.2) is 5.78 Å². The van der Waals surface area contributed by atoms with Crippen LogP contribution in [0.4, 0.5) is 0 Å². The van der Waals surface area contributed by atoms with Gasteiger partial charge in [-0.1, -0.05) is 32.8 Å².